The highest BCUT2D eigenvalue weighted by molar-refractivity contribution is 9.10. The Balaban J connectivity index is 2.22. The van der Waals surface area contributed by atoms with Gasteiger partial charge in [-0.1, -0.05) is 36.7 Å². The summed E-state index contributed by atoms with van der Waals surface area (Å²) in [5.41, 5.74) is -0.367. The van der Waals surface area contributed by atoms with Crippen LogP contribution in [0.2, 0.25) is 0 Å². The van der Waals surface area contributed by atoms with Crippen molar-refractivity contribution in [3.05, 3.63) is 33.8 Å². The predicted octanol–water partition coefficient (Wildman–Crippen LogP) is 4.24. The largest absolute Gasteiger partial charge is 0.338 e. The number of halogens is 3. The lowest BCUT2D eigenvalue weighted by Gasteiger charge is -2.27. The molecule has 0 bridgehead atoms. The van der Waals surface area contributed by atoms with Crippen LogP contribution in [-0.4, -0.2) is 23.9 Å². The summed E-state index contributed by atoms with van der Waals surface area (Å²) in [6, 6.07) is 2.24. The van der Waals surface area contributed by atoms with Gasteiger partial charge in [0.1, 0.15) is 17.2 Å². The van der Waals surface area contributed by atoms with Crippen molar-refractivity contribution in [3.8, 4) is 0 Å². The van der Waals surface area contributed by atoms with Crippen molar-refractivity contribution < 1.29 is 13.6 Å². The van der Waals surface area contributed by atoms with Crippen LogP contribution >= 0.6 is 15.9 Å². The molecule has 5 heteroatoms. The molecule has 0 aliphatic carbocycles. The molecule has 1 aromatic carbocycles. The van der Waals surface area contributed by atoms with Crippen molar-refractivity contribution in [2.45, 2.75) is 27.2 Å². The summed E-state index contributed by atoms with van der Waals surface area (Å²) in [6.45, 7) is 7.46. The number of nitrogens with zero attached hydrogens (tertiary/aromatic N) is 1. The maximum Gasteiger partial charge on any atom is 0.259 e. The maximum atomic E-state index is 13.8. The van der Waals surface area contributed by atoms with Gasteiger partial charge in [-0.2, -0.15) is 0 Å². The first-order valence-corrected chi connectivity index (χ1v) is 7.43. The van der Waals surface area contributed by atoms with Gasteiger partial charge in [-0.3, -0.25) is 4.79 Å². The Labute approximate surface area is 126 Å². The molecule has 0 spiro atoms. The number of rotatable bonds is 1. The molecular formula is C15H18BrF2NO. The van der Waals surface area contributed by atoms with Gasteiger partial charge in [0, 0.05) is 17.6 Å². The molecule has 2 rings (SSSR count). The van der Waals surface area contributed by atoms with E-state index in [0.29, 0.717) is 19.0 Å². The molecule has 2 nitrogen and oxygen atoms in total. The Morgan fingerprint density at radius 2 is 1.85 bits per heavy atom. The smallest absolute Gasteiger partial charge is 0.259 e. The Morgan fingerprint density at radius 3 is 2.30 bits per heavy atom. The van der Waals surface area contributed by atoms with Gasteiger partial charge in [-0.05, 0) is 29.9 Å². The van der Waals surface area contributed by atoms with Crippen LogP contribution in [-0.2, 0) is 0 Å². The molecule has 110 valence electrons. The van der Waals surface area contributed by atoms with Gasteiger partial charge >= 0.3 is 0 Å². The number of carbonyl (C=O) groups excluding carboxylic acids is 1. The van der Waals surface area contributed by atoms with Gasteiger partial charge in [-0.15, -0.1) is 0 Å². The maximum absolute atomic E-state index is 13.8. The lowest BCUT2D eigenvalue weighted by Crippen LogP contribution is -2.32. The highest BCUT2D eigenvalue weighted by Gasteiger charge is 2.35. The van der Waals surface area contributed by atoms with Gasteiger partial charge in [0.2, 0.25) is 0 Å². The molecule has 1 aromatic rings. The first-order chi connectivity index (χ1) is 9.20. The topological polar surface area (TPSA) is 20.3 Å². The van der Waals surface area contributed by atoms with E-state index in [0.717, 1.165) is 18.6 Å². The summed E-state index contributed by atoms with van der Waals surface area (Å²) >= 11 is 3.01. The van der Waals surface area contributed by atoms with Crippen LogP contribution in [0.3, 0.4) is 0 Å². The first-order valence-electron chi connectivity index (χ1n) is 6.64. The van der Waals surface area contributed by atoms with Gasteiger partial charge in [0.15, 0.2) is 0 Å². The van der Waals surface area contributed by atoms with E-state index < -0.39 is 23.1 Å². The fraction of sp³-hybridized carbons (Fsp3) is 0.533. The second-order valence-corrected chi connectivity index (χ2v) is 7.26. The van der Waals surface area contributed by atoms with Crippen molar-refractivity contribution in [3.63, 3.8) is 0 Å². The van der Waals surface area contributed by atoms with Gasteiger partial charge < -0.3 is 4.90 Å². The lowest BCUT2D eigenvalue weighted by atomic mass is 9.80. The molecule has 0 radical (unpaired) electrons. The predicted molar refractivity (Wildman–Crippen MR) is 77.5 cm³/mol. The van der Waals surface area contributed by atoms with E-state index in [1.165, 1.54) is 0 Å². The Kier molecular flexibility index (Phi) is 4.19. The van der Waals surface area contributed by atoms with Crippen molar-refractivity contribution in [2.75, 3.05) is 13.1 Å². The quantitative estimate of drug-likeness (QED) is 0.745. The standard InChI is InChI=1S/C15H18BrF2NO/c1-15(2,3)9-4-5-19(8-9)14(20)13-11(17)6-10(16)7-12(13)18/h6-7,9H,4-5,8H2,1-3H3. The van der Waals surface area contributed by atoms with Gasteiger partial charge in [0.05, 0.1) is 0 Å². The third-order valence-electron chi connectivity index (χ3n) is 3.92. The highest BCUT2D eigenvalue weighted by Crippen LogP contribution is 2.34. The third-order valence-corrected chi connectivity index (χ3v) is 4.38. The van der Waals surface area contributed by atoms with Crippen LogP contribution in [0, 0.1) is 23.0 Å². The van der Waals surface area contributed by atoms with Crippen molar-refractivity contribution in [1.29, 1.82) is 0 Å². The molecule has 1 saturated heterocycles. The molecule has 1 aliphatic rings. The fourth-order valence-electron chi connectivity index (χ4n) is 2.56. The van der Waals surface area contributed by atoms with E-state index in [2.05, 4.69) is 36.7 Å². The van der Waals surface area contributed by atoms with Crippen LogP contribution in [0.15, 0.2) is 16.6 Å². The molecule has 1 aliphatic heterocycles. The summed E-state index contributed by atoms with van der Waals surface area (Å²) in [6.07, 6.45) is 0.870. The van der Waals surface area contributed by atoms with Gasteiger partial charge in [0.25, 0.3) is 5.91 Å². The Morgan fingerprint density at radius 1 is 1.30 bits per heavy atom. The van der Waals surface area contributed by atoms with Crippen molar-refractivity contribution in [1.82, 2.24) is 4.90 Å². The van der Waals surface area contributed by atoms with Crippen molar-refractivity contribution >= 4 is 21.8 Å². The minimum atomic E-state index is -0.818. The van der Waals surface area contributed by atoms with Crippen LogP contribution in [0.5, 0.6) is 0 Å². The average molecular weight is 346 g/mol. The zero-order chi connectivity index (χ0) is 15.1. The highest BCUT2D eigenvalue weighted by atomic mass is 79.9. The number of carbonyl (C=O) groups is 1. The number of benzene rings is 1. The SMILES string of the molecule is CC(C)(C)C1CCN(C(=O)c2c(F)cc(Br)cc2F)C1. The van der Waals surface area contributed by atoms with E-state index in [4.69, 9.17) is 0 Å². The summed E-state index contributed by atoms with van der Waals surface area (Å²) < 4.78 is 27.9. The molecule has 0 N–H and O–H groups in total. The molecule has 1 heterocycles. The molecule has 1 fully saturated rings. The summed E-state index contributed by atoms with van der Waals surface area (Å²) in [7, 11) is 0. The second kappa shape index (κ2) is 5.43. The molecule has 1 unspecified atom stereocenters. The fourth-order valence-corrected chi connectivity index (χ4v) is 2.96. The minimum absolute atomic E-state index is 0.0891. The van der Waals surface area contributed by atoms with E-state index >= 15 is 0 Å². The molecule has 0 aromatic heterocycles. The number of hydrogen-bond donors (Lipinski definition) is 0. The van der Waals surface area contributed by atoms with Gasteiger partial charge in [-0.25, -0.2) is 8.78 Å². The minimum Gasteiger partial charge on any atom is -0.338 e. The van der Waals surface area contributed by atoms with Crippen LogP contribution < -0.4 is 0 Å². The summed E-state index contributed by atoms with van der Waals surface area (Å²) in [4.78, 5) is 13.8. The number of likely N-dealkylation sites (tertiary alicyclic amines) is 1. The molecule has 1 amide bonds. The monoisotopic (exact) mass is 345 g/mol. The molecule has 1 atom stereocenters. The van der Waals surface area contributed by atoms with Crippen LogP contribution in [0.4, 0.5) is 8.78 Å². The van der Waals surface area contributed by atoms with Crippen LogP contribution in [0.25, 0.3) is 0 Å². The van der Waals surface area contributed by atoms with Crippen molar-refractivity contribution in [2.24, 2.45) is 11.3 Å². The normalized spacial score (nSPS) is 19.5. The van der Waals surface area contributed by atoms with E-state index in [1.807, 2.05) is 0 Å². The van der Waals surface area contributed by atoms with Crippen LogP contribution in [0.1, 0.15) is 37.6 Å². The molecule has 0 saturated carbocycles. The number of hydrogen-bond acceptors (Lipinski definition) is 1. The Bertz CT molecular complexity index is 516. The second-order valence-electron chi connectivity index (χ2n) is 6.35. The number of amides is 1. The van der Waals surface area contributed by atoms with E-state index in [9.17, 15) is 13.6 Å². The summed E-state index contributed by atoms with van der Waals surface area (Å²) in [5, 5.41) is 0. The van der Waals surface area contributed by atoms with E-state index in [-0.39, 0.29) is 9.89 Å². The third kappa shape index (κ3) is 3.03. The zero-order valence-corrected chi connectivity index (χ0v) is 13.4. The average Bonchev–Trinajstić information content (AvgIpc) is 2.75. The van der Waals surface area contributed by atoms with E-state index in [1.54, 1.807) is 4.90 Å². The summed E-state index contributed by atoms with van der Waals surface area (Å²) in [5.74, 6) is -1.84. The Hall–Kier alpha value is -0.970. The molecule has 20 heavy (non-hydrogen) atoms. The molecular weight excluding hydrogens is 328 g/mol. The zero-order valence-electron chi connectivity index (χ0n) is 11.8. The lowest BCUT2D eigenvalue weighted by molar-refractivity contribution is 0.0767. The first kappa shape index (κ1) is 15.4.